The molecule has 14 heavy (non-hydrogen) atoms. The van der Waals surface area contributed by atoms with Crippen LogP contribution in [0.15, 0.2) is 28.8 Å². The van der Waals surface area contributed by atoms with Crippen LogP contribution in [0.3, 0.4) is 0 Å². The summed E-state index contributed by atoms with van der Waals surface area (Å²) in [5, 5.41) is 0. The highest BCUT2D eigenvalue weighted by atomic mass is 19.1. The summed E-state index contributed by atoms with van der Waals surface area (Å²) in [5.74, 6) is -0.374. The van der Waals surface area contributed by atoms with Gasteiger partial charge in [-0.15, -0.1) is 0 Å². The van der Waals surface area contributed by atoms with E-state index in [1.807, 2.05) is 0 Å². The number of oxazole rings is 1. The molecule has 0 radical (unpaired) electrons. The van der Waals surface area contributed by atoms with E-state index in [-0.39, 0.29) is 11.3 Å². The normalized spacial score (nSPS) is 10.5. The Kier molecular flexibility index (Phi) is 2.04. The number of hydrogen-bond donors (Lipinski definition) is 0. The van der Waals surface area contributed by atoms with E-state index in [0.717, 1.165) is 18.2 Å². The Morgan fingerprint density at radius 2 is 2.07 bits per heavy atom. The van der Waals surface area contributed by atoms with Gasteiger partial charge in [-0.05, 0) is 18.2 Å². The summed E-state index contributed by atoms with van der Waals surface area (Å²) in [5.41, 5.74) is 0.0885. The molecular weight excluding hydrogens is 188 g/mol. The van der Waals surface area contributed by atoms with Gasteiger partial charge in [-0.25, -0.2) is 13.8 Å². The van der Waals surface area contributed by atoms with Crippen LogP contribution in [-0.4, -0.2) is 4.98 Å². The molecule has 0 atom stereocenters. The summed E-state index contributed by atoms with van der Waals surface area (Å²) >= 11 is 0. The number of benzene rings is 1. The maximum Gasteiger partial charge on any atom is 0.191 e. The van der Waals surface area contributed by atoms with Crippen molar-refractivity contribution in [2.45, 2.75) is 6.92 Å². The van der Waals surface area contributed by atoms with Crippen LogP contribution in [0.4, 0.5) is 8.78 Å². The molecule has 0 saturated heterocycles. The molecule has 0 bridgehead atoms. The second-order valence-corrected chi connectivity index (χ2v) is 2.87. The molecule has 0 fully saturated rings. The van der Waals surface area contributed by atoms with Gasteiger partial charge in [-0.2, -0.15) is 0 Å². The molecule has 72 valence electrons. The van der Waals surface area contributed by atoms with Gasteiger partial charge in [0.2, 0.25) is 0 Å². The van der Waals surface area contributed by atoms with E-state index in [4.69, 9.17) is 4.42 Å². The average molecular weight is 195 g/mol. The van der Waals surface area contributed by atoms with Crippen LogP contribution in [0.2, 0.25) is 0 Å². The Morgan fingerprint density at radius 3 is 2.71 bits per heavy atom. The predicted octanol–water partition coefficient (Wildman–Crippen LogP) is 2.93. The summed E-state index contributed by atoms with van der Waals surface area (Å²) in [6.07, 6.45) is 1.37. The van der Waals surface area contributed by atoms with Gasteiger partial charge in [0.15, 0.2) is 11.7 Å². The summed E-state index contributed by atoms with van der Waals surface area (Å²) in [7, 11) is 0. The predicted molar refractivity (Wildman–Crippen MR) is 46.6 cm³/mol. The Morgan fingerprint density at radius 1 is 1.29 bits per heavy atom. The van der Waals surface area contributed by atoms with Crippen LogP contribution in [0, 0.1) is 18.6 Å². The van der Waals surface area contributed by atoms with Gasteiger partial charge in [-0.1, -0.05) is 0 Å². The molecule has 0 unspecified atom stereocenters. The summed E-state index contributed by atoms with van der Waals surface area (Å²) in [6, 6.07) is 3.19. The van der Waals surface area contributed by atoms with Gasteiger partial charge < -0.3 is 4.42 Å². The van der Waals surface area contributed by atoms with Crippen molar-refractivity contribution in [2.24, 2.45) is 0 Å². The molecule has 0 saturated carbocycles. The standard InChI is InChI=1S/C10H7F2NO/c1-6-13-5-10(14-6)8-4-7(11)2-3-9(8)12/h2-5H,1H3. The van der Waals surface area contributed by atoms with Crippen molar-refractivity contribution in [1.82, 2.24) is 4.98 Å². The minimum absolute atomic E-state index is 0.0885. The number of nitrogens with zero attached hydrogens (tertiary/aromatic N) is 1. The molecule has 2 rings (SSSR count). The Labute approximate surface area is 79.2 Å². The fourth-order valence-corrected chi connectivity index (χ4v) is 1.17. The molecule has 0 spiro atoms. The van der Waals surface area contributed by atoms with Crippen molar-refractivity contribution in [1.29, 1.82) is 0 Å². The molecule has 0 aliphatic heterocycles. The van der Waals surface area contributed by atoms with E-state index in [9.17, 15) is 8.78 Å². The summed E-state index contributed by atoms with van der Waals surface area (Å²) in [4.78, 5) is 3.81. The first-order valence-corrected chi connectivity index (χ1v) is 4.04. The van der Waals surface area contributed by atoms with Crippen molar-refractivity contribution in [3.63, 3.8) is 0 Å². The SMILES string of the molecule is Cc1ncc(-c2cc(F)ccc2F)o1. The topological polar surface area (TPSA) is 26.0 Å². The van der Waals surface area contributed by atoms with Crippen LogP contribution >= 0.6 is 0 Å². The van der Waals surface area contributed by atoms with E-state index in [1.54, 1.807) is 6.92 Å². The van der Waals surface area contributed by atoms with E-state index < -0.39 is 11.6 Å². The fourth-order valence-electron chi connectivity index (χ4n) is 1.17. The van der Waals surface area contributed by atoms with E-state index in [0.29, 0.717) is 5.89 Å². The van der Waals surface area contributed by atoms with Crippen LogP contribution in [-0.2, 0) is 0 Å². The molecule has 0 amide bonds. The highest BCUT2D eigenvalue weighted by Crippen LogP contribution is 2.23. The van der Waals surface area contributed by atoms with Crippen LogP contribution in [0.1, 0.15) is 5.89 Å². The van der Waals surface area contributed by atoms with Gasteiger partial charge in [0.25, 0.3) is 0 Å². The average Bonchev–Trinajstić information content (AvgIpc) is 2.56. The molecule has 4 heteroatoms. The number of hydrogen-bond acceptors (Lipinski definition) is 2. The van der Waals surface area contributed by atoms with Crippen LogP contribution < -0.4 is 0 Å². The summed E-state index contributed by atoms with van der Waals surface area (Å²) in [6.45, 7) is 1.64. The second kappa shape index (κ2) is 3.21. The van der Waals surface area contributed by atoms with E-state index in [1.165, 1.54) is 6.20 Å². The Hall–Kier alpha value is -1.71. The van der Waals surface area contributed by atoms with Gasteiger partial charge in [-0.3, -0.25) is 0 Å². The largest absolute Gasteiger partial charge is 0.441 e. The highest BCUT2D eigenvalue weighted by Gasteiger charge is 2.10. The molecule has 2 aromatic rings. The lowest BCUT2D eigenvalue weighted by atomic mass is 10.2. The molecule has 0 aliphatic carbocycles. The minimum Gasteiger partial charge on any atom is -0.441 e. The lowest BCUT2D eigenvalue weighted by Gasteiger charge is -1.97. The number of aryl methyl sites for hydroxylation is 1. The van der Waals surface area contributed by atoms with Crippen molar-refractivity contribution < 1.29 is 13.2 Å². The van der Waals surface area contributed by atoms with Gasteiger partial charge in [0.05, 0.1) is 11.8 Å². The lowest BCUT2D eigenvalue weighted by molar-refractivity contribution is 0.526. The van der Waals surface area contributed by atoms with E-state index >= 15 is 0 Å². The lowest BCUT2D eigenvalue weighted by Crippen LogP contribution is -1.84. The first kappa shape index (κ1) is 8.87. The van der Waals surface area contributed by atoms with Crippen LogP contribution in [0.5, 0.6) is 0 Å². The minimum atomic E-state index is -0.525. The van der Waals surface area contributed by atoms with Crippen LogP contribution in [0.25, 0.3) is 11.3 Å². The monoisotopic (exact) mass is 195 g/mol. The highest BCUT2D eigenvalue weighted by molar-refractivity contribution is 5.57. The molecule has 0 N–H and O–H groups in total. The maximum atomic E-state index is 13.2. The molecule has 2 nitrogen and oxygen atoms in total. The smallest absolute Gasteiger partial charge is 0.191 e. The van der Waals surface area contributed by atoms with Gasteiger partial charge in [0.1, 0.15) is 11.6 Å². The first-order chi connectivity index (χ1) is 6.66. The van der Waals surface area contributed by atoms with Crippen molar-refractivity contribution in [2.75, 3.05) is 0 Å². The zero-order valence-corrected chi connectivity index (χ0v) is 7.42. The van der Waals surface area contributed by atoms with E-state index in [2.05, 4.69) is 4.98 Å². The fraction of sp³-hybridized carbons (Fsp3) is 0.100. The molecule has 1 heterocycles. The Bertz CT molecular complexity index is 465. The molecule has 0 aliphatic rings. The van der Waals surface area contributed by atoms with Gasteiger partial charge in [0, 0.05) is 6.92 Å². The van der Waals surface area contributed by atoms with Crippen molar-refractivity contribution >= 4 is 0 Å². The molecular formula is C10H7F2NO. The summed E-state index contributed by atoms with van der Waals surface area (Å²) < 4.78 is 31.1. The number of aromatic nitrogens is 1. The third-order valence-corrected chi connectivity index (χ3v) is 1.82. The maximum absolute atomic E-state index is 13.2. The quantitative estimate of drug-likeness (QED) is 0.699. The third kappa shape index (κ3) is 1.51. The van der Waals surface area contributed by atoms with Crippen molar-refractivity contribution in [3.05, 3.63) is 41.9 Å². The first-order valence-electron chi connectivity index (χ1n) is 4.04. The second-order valence-electron chi connectivity index (χ2n) is 2.87. The number of rotatable bonds is 1. The number of halogens is 2. The zero-order valence-electron chi connectivity index (χ0n) is 7.42. The molecule has 1 aromatic carbocycles. The van der Waals surface area contributed by atoms with Crippen molar-refractivity contribution in [3.8, 4) is 11.3 Å². The third-order valence-electron chi connectivity index (χ3n) is 1.82. The zero-order chi connectivity index (χ0) is 10.1. The Balaban J connectivity index is 2.55. The van der Waals surface area contributed by atoms with Gasteiger partial charge >= 0.3 is 0 Å². The molecule has 1 aromatic heterocycles.